The molecule has 1 aliphatic carbocycles. The Kier molecular flexibility index (Phi) is 4.66. The van der Waals surface area contributed by atoms with Crippen LogP contribution in [0.1, 0.15) is 31.7 Å². The molecule has 27 heavy (non-hydrogen) atoms. The van der Waals surface area contributed by atoms with Crippen molar-refractivity contribution < 1.29 is 13.2 Å². The van der Waals surface area contributed by atoms with E-state index < -0.39 is 18.0 Å². The molecule has 1 aromatic carbocycles. The third-order valence-corrected chi connectivity index (χ3v) is 5.43. The highest BCUT2D eigenvalue weighted by atomic mass is 19.4. The standard InChI is InChI=1S/C21H22F3N3/c1-14-5-6-15(11-17(14)21(22,23)24)16-7-8-18-19(12-16)26-20(13-25-18)27-9-3-2-4-10-27/h5-8,11-14,17H,2-4,9-10H2,1H3. The summed E-state index contributed by atoms with van der Waals surface area (Å²) in [6.07, 6.45) is 5.81. The highest BCUT2D eigenvalue weighted by Gasteiger charge is 2.41. The van der Waals surface area contributed by atoms with E-state index in [2.05, 4.69) is 9.88 Å². The van der Waals surface area contributed by atoms with Gasteiger partial charge in [-0.15, -0.1) is 0 Å². The summed E-state index contributed by atoms with van der Waals surface area (Å²) < 4.78 is 39.9. The number of anilines is 1. The number of allylic oxidation sites excluding steroid dienone is 4. The van der Waals surface area contributed by atoms with E-state index in [1.807, 2.05) is 18.2 Å². The van der Waals surface area contributed by atoms with Crippen LogP contribution < -0.4 is 4.90 Å². The van der Waals surface area contributed by atoms with Crippen LogP contribution in [-0.2, 0) is 0 Å². The molecule has 2 unspecified atom stereocenters. The van der Waals surface area contributed by atoms with Crippen LogP contribution in [0, 0.1) is 11.8 Å². The first kappa shape index (κ1) is 18.0. The molecule has 0 saturated carbocycles. The third-order valence-electron chi connectivity index (χ3n) is 5.43. The summed E-state index contributed by atoms with van der Waals surface area (Å²) in [5, 5.41) is 0. The molecule has 2 atom stereocenters. The fourth-order valence-electron chi connectivity index (χ4n) is 3.82. The summed E-state index contributed by atoms with van der Waals surface area (Å²) >= 11 is 0. The molecule has 0 bridgehead atoms. The summed E-state index contributed by atoms with van der Waals surface area (Å²) in [4.78, 5) is 11.4. The number of hydrogen-bond acceptors (Lipinski definition) is 3. The number of piperidine rings is 1. The molecule has 0 N–H and O–H groups in total. The smallest absolute Gasteiger partial charge is 0.355 e. The van der Waals surface area contributed by atoms with Crippen LogP contribution in [0.4, 0.5) is 19.0 Å². The van der Waals surface area contributed by atoms with Gasteiger partial charge in [-0.05, 0) is 48.4 Å². The number of alkyl halides is 3. The highest BCUT2D eigenvalue weighted by molar-refractivity contribution is 5.84. The van der Waals surface area contributed by atoms with Crippen LogP contribution in [0.2, 0.25) is 0 Å². The van der Waals surface area contributed by atoms with E-state index in [9.17, 15) is 13.2 Å². The van der Waals surface area contributed by atoms with E-state index in [0.717, 1.165) is 42.8 Å². The Bertz CT molecular complexity index is 895. The van der Waals surface area contributed by atoms with Gasteiger partial charge in [0.05, 0.1) is 23.1 Å². The predicted octanol–water partition coefficient (Wildman–Crippen LogP) is 5.39. The first-order chi connectivity index (χ1) is 12.9. The maximum Gasteiger partial charge on any atom is 0.395 e. The molecule has 1 saturated heterocycles. The fourth-order valence-corrected chi connectivity index (χ4v) is 3.82. The normalized spacial score (nSPS) is 23.6. The van der Waals surface area contributed by atoms with Gasteiger partial charge < -0.3 is 4.90 Å². The Labute approximate surface area is 156 Å². The molecule has 142 valence electrons. The lowest BCUT2D eigenvalue weighted by Gasteiger charge is -2.27. The topological polar surface area (TPSA) is 29.0 Å². The highest BCUT2D eigenvalue weighted by Crippen LogP contribution is 2.39. The average molecular weight is 373 g/mol. The lowest BCUT2D eigenvalue weighted by Crippen LogP contribution is -2.30. The maximum atomic E-state index is 13.3. The van der Waals surface area contributed by atoms with Crippen LogP contribution in [0.3, 0.4) is 0 Å². The molecule has 3 nitrogen and oxygen atoms in total. The Hall–Kier alpha value is -2.37. The summed E-state index contributed by atoms with van der Waals surface area (Å²) in [5.41, 5.74) is 2.79. The van der Waals surface area contributed by atoms with E-state index in [4.69, 9.17) is 4.98 Å². The molecular formula is C21H22F3N3. The molecule has 0 radical (unpaired) electrons. The molecule has 4 rings (SSSR count). The Morgan fingerprint density at radius 1 is 1.07 bits per heavy atom. The minimum absolute atomic E-state index is 0.556. The summed E-state index contributed by atoms with van der Waals surface area (Å²) in [6, 6.07) is 5.49. The number of aromatic nitrogens is 2. The van der Waals surface area contributed by atoms with Gasteiger partial charge in [-0.1, -0.05) is 31.2 Å². The number of fused-ring (bicyclic) bond motifs is 1. The number of nitrogens with zero attached hydrogens (tertiary/aromatic N) is 3. The lowest BCUT2D eigenvalue weighted by atomic mass is 9.84. The van der Waals surface area contributed by atoms with Gasteiger partial charge in [0.1, 0.15) is 5.82 Å². The predicted molar refractivity (Wildman–Crippen MR) is 101 cm³/mol. The van der Waals surface area contributed by atoms with Crippen molar-refractivity contribution in [3.8, 4) is 0 Å². The molecule has 1 fully saturated rings. The summed E-state index contributed by atoms with van der Waals surface area (Å²) in [5.74, 6) is -1.17. The average Bonchev–Trinajstić information content (AvgIpc) is 2.67. The maximum absolute atomic E-state index is 13.3. The van der Waals surface area contributed by atoms with Gasteiger partial charge in [0.25, 0.3) is 0 Å². The number of rotatable bonds is 2. The van der Waals surface area contributed by atoms with Crippen molar-refractivity contribution >= 4 is 22.4 Å². The van der Waals surface area contributed by atoms with Crippen molar-refractivity contribution in [3.63, 3.8) is 0 Å². The molecule has 1 aromatic heterocycles. The van der Waals surface area contributed by atoms with Crippen LogP contribution in [0.25, 0.3) is 16.6 Å². The van der Waals surface area contributed by atoms with Crippen LogP contribution in [0.5, 0.6) is 0 Å². The first-order valence-electron chi connectivity index (χ1n) is 9.41. The zero-order valence-corrected chi connectivity index (χ0v) is 15.2. The fraction of sp³-hybridized carbons (Fsp3) is 0.429. The van der Waals surface area contributed by atoms with Crippen molar-refractivity contribution in [3.05, 3.63) is 48.2 Å². The van der Waals surface area contributed by atoms with Gasteiger partial charge >= 0.3 is 6.18 Å². The second-order valence-electron chi connectivity index (χ2n) is 7.39. The van der Waals surface area contributed by atoms with Gasteiger partial charge in [0.2, 0.25) is 0 Å². The van der Waals surface area contributed by atoms with Gasteiger partial charge in [0.15, 0.2) is 0 Å². The second-order valence-corrected chi connectivity index (χ2v) is 7.39. The summed E-state index contributed by atoms with van der Waals surface area (Å²) in [6.45, 7) is 3.54. The number of benzene rings is 1. The van der Waals surface area contributed by atoms with E-state index in [-0.39, 0.29) is 0 Å². The molecule has 1 aliphatic heterocycles. The molecule has 2 aliphatic rings. The minimum atomic E-state index is -4.24. The van der Waals surface area contributed by atoms with Crippen molar-refractivity contribution in [1.29, 1.82) is 0 Å². The molecule has 0 amide bonds. The molecular weight excluding hydrogens is 351 g/mol. The monoisotopic (exact) mass is 373 g/mol. The number of halogens is 3. The van der Waals surface area contributed by atoms with Crippen LogP contribution in [0.15, 0.2) is 42.6 Å². The SMILES string of the molecule is CC1C=CC(c2ccc3ncc(N4CCCCC4)nc3c2)=CC1C(F)(F)F. The zero-order valence-electron chi connectivity index (χ0n) is 15.2. The Balaban J connectivity index is 1.69. The van der Waals surface area contributed by atoms with Crippen molar-refractivity contribution in [2.24, 2.45) is 11.8 Å². The molecule has 0 spiro atoms. The second kappa shape index (κ2) is 6.98. The third kappa shape index (κ3) is 3.70. The van der Waals surface area contributed by atoms with E-state index in [0.29, 0.717) is 11.1 Å². The summed E-state index contributed by atoms with van der Waals surface area (Å²) in [7, 11) is 0. The van der Waals surface area contributed by atoms with Gasteiger partial charge in [-0.3, -0.25) is 4.98 Å². The Morgan fingerprint density at radius 2 is 1.85 bits per heavy atom. The van der Waals surface area contributed by atoms with Gasteiger partial charge in [-0.2, -0.15) is 13.2 Å². The van der Waals surface area contributed by atoms with E-state index in [1.54, 1.807) is 25.3 Å². The van der Waals surface area contributed by atoms with Crippen molar-refractivity contribution in [1.82, 2.24) is 9.97 Å². The van der Waals surface area contributed by atoms with Crippen LogP contribution in [-0.4, -0.2) is 29.2 Å². The zero-order chi connectivity index (χ0) is 19.0. The molecule has 2 heterocycles. The van der Waals surface area contributed by atoms with Crippen molar-refractivity contribution in [2.45, 2.75) is 32.4 Å². The quantitative estimate of drug-likeness (QED) is 0.707. The molecule has 2 aromatic rings. The van der Waals surface area contributed by atoms with Crippen LogP contribution >= 0.6 is 0 Å². The lowest BCUT2D eigenvalue weighted by molar-refractivity contribution is -0.168. The Morgan fingerprint density at radius 3 is 2.59 bits per heavy atom. The minimum Gasteiger partial charge on any atom is -0.355 e. The number of hydrogen-bond donors (Lipinski definition) is 0. The largest absolute Gasteiger partial charge is 0.395 e. The van der Waals surface area contributed by atoms with Crippen molar-refractivity contribution in [2.75, 3.05) is 18.0 Å². The van der Waals surface area contributed by atoms with Gasteiger partial charge in [-0.25, -0.2) is 4.98 Å². The van der Waals surface area contributed by atoms with E-state index in [1.165, 1.54) is 12.5 Å². The van der Waals surface area contributed by atoms with Gasteiger partial charge in [0, 0.05) is 13.1 Å². The first-order valence-corrected chi connectivity index (χ1v) is 9.41. The van der Waals surface area contributed by atoms with E-state index >= 15 is 0 Å². The molecule has 6 heteroatoms.